The molecule has 1 fully saturated rings. The van der Waals surface area contributed by atoms with Crippen LogP contribution in [0.3, 0.4) is 0 Å². The van der Waals surface area contributed by atoms with Crippen LogP contribution in [0.1, 0.15) is 30.1 Å². The second kappa shape index (κ2) is 7.27. The Labute approximate surface area is 135 Å². The molecule has 1 aliphatic rings. The molecule has 5 heteroatoms. The van der Waals surface area contributed by atoms with Crippen LogP contribution in [0.4, 0.5) is 0 Å². The van der Waals surface area contributed by atoms with E-state index in [2.05, 4.69) is 34.8 Å². The van der Waals surface area contributed by atoms with Crippen LogP contribution < -0.4 is 4.74 Å². The lowest BCUT2D eigenvalue weighted by Gasteiger charge is -2.30. The van der Waals surface area contributed by atoms with Gasteiger partial charge in [-0.25, -0.2) is 0 Å². The van der Waals surface area contributed by atoms with Gasteiger partial charge in [0, 0.05) is 23.6 Å². The summed E-state index contributed by atoms with van der Waals surface area (Å²) in [5.41, 5.74) is 0.642. The summed E-state index contributed by atoms with van der Waals surface area (Å²) in [6, 6.07) is 5.84. The maximum absolute atomic E-state index is 12.9. The summed E-state index contributed by atoms with van der Waals surface area (Å²) in [7, 11) is 3.73. The summed E-state index contributed by atoms with van der Waals surface area (Å²) in [5, 5.41) is 0. The van der Waals surface area contributed by atoms with Gasteiger partial charge in [-0.3, -0.25) is 4.79 Å². The van der Waals surface area contributed by atoms with Crippen molar-refractivity contribution in [2.24, 2.45) is 0 Å². The average Bonchev–Trinajstić information content (AvgIpc) is 2.67. The number of methoxy groups -OCH3 is 1. The van der Waals surface area contributed by atoms with Crippen LogP contribution in [0.25, 0.3) is 0 Å². The number of hydrogen-bond acceptors (Lipinski definition) is 3. The highest BCUT2D eigenvalue weighted by Gasteiger charge is 2.28. The van der Waals surface area contributed by atoms with Crippen molar-refractivity contribution < 1.29 is 9.53 Å². The molecular weight excluding hydrogens is 332 g/mol. The normalized spacial score (nSPS) is 20.2. The molecule has 1 amide bonds. The average molecular weight is 355 g/mol. The van der Waals surface area contributed by atoms with Crippen LogP contribution in [-0.4, -0.2) is 55.5 Å². The summed E-state index contributed by atoms with van der Waals surface area (Å²) in [6.07, 6.45) is 1.98. The number of rotatable bonds is 3. The zero-order chi connectivity index (χ0) is 15.4. The van der Waals surface area contributed by atoms with Gasteiger partial charge in [0.2, 0.25) is 0 Å². The smallest absolute Gasteiger partial charge is 0.257 e. The minimum Gasteiger partial charge on any atom is -0.496 e. The van der Waals surface area contributed by atoms with Gasteiger partial charge in [-0.2, -0.15) is 0 Å². The number of ether oxygens (including phenoxy) is 1. The molecule has 1 aromatic carbocycles. The first-order valence-electron chi connectivity index (χ1n) is 7.39. The first-order chi connectivity index (χ1) is 10.1. The van der Waals surface area contributed by atoms with Crippen molar-refractivity contribution in [3.05, 3.63) is 28.2 Å². The number of benzene rings is 1. The van der Waals surface area contributed by atoms with Gasteiger partial charge in [0.05, 0.1) is 12.7 Å². The monoisotopic (exact) mass is 354 g/mol. The lowest BCUT2D eigenvalue weighted by molar-refractivity contribution is 0.0672. The highest BCUT2D eigenvalue weighted by atomic mass is 79.9. The highest BCUT2D eigenvalue weighted by Crippen LogP contribution is 2.26. The lowest BCUT2D eigenvalue weighted by atomic mass is 10.1. The first-order valence-corrected chi connectivity index (χ1v) is 8.19. The van der Waals surface area contributed by atoms with Gasteiger partial charge in [-0.15, -0.1) is 0 Å². The van der Waals surface area contributed by atoms with E-state index in [4.69, 9.17) is 4.74 Å². The van der Waals surface area contributed by atoms with Crippen LogP contribution >= 0.6 is 15.9 Å². The Hall–Kier alpha value is -1.07. The third-order valence-electron chi connectivity index (χ3n) is 4.03. The molecule has 0 aliphatic carbocycles. The van der Waals surface area contributed by atoms with Crippen LogP contribution in [0, 0.1) is 0 Å². The van der Waals surface area contributed by atoms with Crippen molar-refractivity contribution in [1.29, 1.82) is 0 Å². The number of halogens is 1. The summed E-state index contributed by atoms with van der Waals surface area (Å²) < 4.78 is 6.29. The molecule has 0 spiro atoms. The van der Waals surface area contributed by atoms with E-state index in [-0.39, 0.29) is 11.9 Å². The number of likely N-dealkylation sites (N-methyl/N-ethyl adjacent to an activating group) is 1. The van der Waals surface area contributed by atoms with E-state index >= 15 is 0 Å². The fourth-order valence-corrected chi connectivity index (χ4v) is 3.20. The standard InChI is InChI=1S/C16H23BrN2O2/c1-4-13-11-18(2)8-5-9-19(13)16(20)14-7-6-12(17)10-15(14)21-3/h6-7,10,13H,4-5,8-9,11H2,1-3H3. The summed E-state index contributed by atoms with van der Waals surface area (Å²) in [5.74, 6) is 0.698. The Morgan fingerprint density at radius 3 is 2.86 bits per heavy atom. The predicted octanol–water partition coefficient (Wildman–Crippen LogP) is 3.01. The van der Waals surface area contributed by atoms with Crippen molar-refractivity contribution in [2.75, 3.05) is 33.8 Å². The number of carbonyl (C=O) groups is 1. The molecule has 1 saturated heterocycles. The van der Waals surface area contributed by atoms with E-state index in [0.29, 0.717) is 11.3 Å². The molecular formula is C16H23BrN2O2. The molecule has 0 N–H and O–H groups in total. The quantitative estimate of drug-likeness (QED) is 0.836. The first kappa shape index (κ1) is 16.3. The number of amides is 1. The molecule has 116 valence electrons. The van der Waals surface area contributed by atoms with Crippen molar-refractivity contribution >= 4 is 21.8 Å². The largest absolute Gasteiger partial charge is 0.496 e. The summed E-state index contributed by atoms with van der Waals surface area (Å²) >= 11 is 3.42. The van der Waals surface area contributed by atoms with Gasteiger partial charge >= 0.3 is 0 Å². The molecule has 2 rings (SSSR count). The van der Waals surface area contributed by atoms with E-state index in [1.165, 1.54) is 0 Å². The van der Waals surface area contributed by atoms with E-state index in [9.17, 15) is 4.79 Å². The zero-order valence-corrected chi connectivity index (χ0v) is 14.5. The molecule has 1 atom stereocenters. The Morgan fingerprint density at radius 2 is 2.19 bits per heavy atom. The highest BCUT2D eigenvalue weighted by molar-refractivity contribution is 9.10. The molecule has 4 nitrogen and oxygen atoms in total. The Balaban J connectivity index is 2.29. The maximum atomic E-state index is 12.9. The molecule has 1 heterocycles. The molecule has 1 aliphatic heterocycles. The summed E-state index contributed by atoms with van der Waals surface area (Å²) in [4.78, 5) is 17.2. The topological polar surface area (TPSA) is 32.8 Å². The van der Waals surface area contributed by atoms with Crippen LogP contribution in [0.5, 0.6) is 5.75 Å². The van der Waals surface area contributed by atoms with Crippen molar-refractivity contribution in [2.45, 2.75) is 25.8 Å². The van der Waals surface area contributed by atoms with Gasteiger partial charge in [0.15, 0.2) is 0 Å². The molecule has 1 unspecified atom stereocenters. The Morgan fingerprint density at radius 1 is 1.43 bits per heavy atom. The summed E-state index contributed by atoms with van der Waals surface area (Å²) in [6.45, 7) is 4.92. The van der Waals surface area contributed by atoms with Crippen molar-refractivity contribution in [3.63, 3.8) is 0 Å². The van der Waals surface area contributed by atoms with E-state index in [1.807, 2.05) is 23.1 Å². The van der Waals surface area contributed by atoms with Gasteiger partial charge in [-0.1, -0.05) is 22.9 Å². The van der Waals surface area contributed by atoms with Crippen LogP contribution in [0.15, 0.2) is 22.7 Å². The molecule has 0 radical (unpaired) electrons. The van der Waals surface area contributed by atoms with Crippen LogP contribution in [-0.2, 0) is 0 Å². The predicted molar refractivity (Wildman–Crippen MR) is 87.9 cm³/mol. The molecule has 0 aromatic heterocycles. The third kappa shape index (κ3) is 3.77. The van der Waals surface area contributed by atoms with E-state index in [0.717, 1.165) is 36.9 Å². The van der Waals surface area contributed by atoms with Gasteiger partial charge in [0.1, 0.15) is 5.75 Å². The van der Waals surface area contributed by atoms with Crippen molar-refractivity contribution in [3.8, 4) is 5.75 Å². The molecule has 1 aromatic rings. The fourth-order valence-electron chi connectivity index (χ4n) is 2.86. The Bertz CT molecular complexity index is 507. The lowest BCUT2D eigenvalue weighted by Crippen LogP contribution is -2.43. The fraction of sp³-hybridized carbons (Fsp3) is 0.562. The minimum atomic E-state index is 0.0708. The maximum Gasteiger partial charge on any atom is 0.257 e. The van der Waals surface area contributed by atoms with Gasteiger partial charge < -0.3 is 14.5 Å². The third-order valence-corrected chi connectivity index (χ3v) is 4.52. The van der Waals surface area contributed by atoms with E-state index < -0.39 is 0 Å². The van der Waals surface area contributed by atoms with Gasteiger partial charge in [0.25, 0.3) is 5.91 Å². The zero-order valence-electron chi connectivity index (χ0n) is 12.9. The second-order valence-corrected chi connectivity index (χ2v) is 6.44. The minimum absolute atomic E-state index is 0.0708. The van der Waals surface area contributed by atoms with Gasteiger partial charge in [-0.05, 0) is 44.6 Å². The Kier molecular flexibility index (Phi) is 5.65. The second-order valence-electron chi connectivity index (χ2n) is 5.52. The van der Waals surface area contributed by atoms with Crippen molar-refractivity contribution in [1.82, 2.24) is 9.80 Å². The van der Waals surface area contributed by atoms with E-state index in [1.54, 1.807) is 7.11 Å². The number of hydrogen-bond donors (Lipinski definition) is 0. The number of carbonyl (C=O) groups excluding carboxylic acids is 1. The SMILES string of the molecule is CCC1CN(C)CCCN1C(=O)c1ccc(Br)cc1OC. The molecule has 0 bridgehead atoms. The number of nitrogens with zero attached hydrogens (tertiary/aromatic N) is 2. The molecule has 21 heavy (non-hydrogen) atoms. The molecule has 0 saturated carbocycles. The van der Waals surface area contributed by atoms with Crippen LogP contribution in [0.2, 0.25) is 0 Å².